The highest BCUT2D eigenvalue weighted by molar-refractivity contribution is 6.29. The monoisotopic (exact) mass is 276 g/mol. The van der Waals surface area contributed by atoms with E-state index in [1.54, 1.807) is 12.1 Å². The zero-order valence-corrected chi connectivity index (χ0v) is 12.3. The van der Waals surface area contributed by atoms with E-state index in [2.05, 4.69) is 43.1 Å². The molecule has 0 saturated heterocycles. The normalized spacial score (nSPS) is 11.4. The van der Waals surface area contributed by atoms with Gasteiger partial charge in [-0.3, -0.25) is 0 Å². The number of benzene rings is 1. The summed E-state index contributed by atoms with van der Waals surface area (Å²) in [7, 11) is 0. The molecule has 0 aliphatic heterocycles. The molecule has 0 radical (unpaired) electrons. The van der Waals surface area contributed by atoms with Crippen molar-refractivity contribution in [2.45, 2.75) is 33.1 Å². The third-order valence-corrected chi connectivity index (χ3v) is 3.06. The van der Waals surface area contributed by atoms with Gasteiger partial charge in [0.2, 0.25) is 5.88 Å². The van der Waals surface area contributed by atoms with Gasteiger partial charge in [0.1, 0.15) is 5.75 Å². The van der Waals surface area contributed by atoms with E-state index in [-0.39, 0.29) is 5.41 Å². The molecular weight excluding hydrogens is 260 g/mol. The molecule has 0 N–H and O–H groups in total. The summed E-state index contributed by atoms with van der Waals surface area (Å²) in [6.45, 7) is 8.58. The van der Waals surface area contributed by atoms with E-state index in [1.807, 2.05) is 13.0 Å². The summed E-state index contributed by atoms with van der Waals surface area (Å²) < 4.78 is 5.70. The van der Waals surface area contributed by atoms with Crippen molar-refractivity contribution in [3.63, 3.8) is 0 Å². The summed E-state index contributed by atoms with van der Waals surface area (Å²) in [5.74, 6) is 1.22. The minimum absolute atomic E-state index is 0.128. The Bertz CT molecular complexity index is 574. The average Bonchev–Trinajstić information content (AvgIpc) is 2.33. The quantitative estimate of drug-likeness (QED) is 0.808. The Kier molecular flexibility index (Phi) is 3.76. The molecule has 0 saturated carbocycles. The second-order valence-corrected chi connectivity index (χ2v) is 5.91. The van der Waals surface area contributed by atoms with Gasteiger partial charge >= 0.3 is 0 Å². The SMILES string of the molecule is Cc1cc(C(C)(C)C)ccc1Oc1ccc(Cl)nn1. The summed E-state index contributed by atoms with van der Waals surface area (Å²) in [6, 6.07) is 9.53. The molecule has 0 unspecified atom stereocenters. The van der Waals surface area contributed by atoms with Crippen LogP contribution in [0.1, 0.15) is 31.9 Å². The first-order valence-electron chi connectivity index (χ1n) is 6.14. The molecule has 1 aromatic heterocycles. The Hall–Kier alpha value is -1.61. The molecule has 4 heteroatoms. The summed E-state index contributed by atoms with van der Waals surface area (Å²) in [6.07, 6.45) is 0. The van der Waals surface area contributed by atoms with Gasteiger partial charge in [0.15, 0.2) is 5.15 Å². The maximum atomic E-state index is 5.70. The van der Waals surface area contributed by atoms with Crippen LogP contribution >= 0.6 is 11.6 Å². The highest BCUT2D eigenvalue weighted by atomic mass is 35.5. The van der Waals surface area contributed by atoms with Crippen LogP contribution in [0.4, 0.5) is 0 Å². The third kappa shape index (κ3) is 3.44. The second kappa shape index (κ2) is 5.17. The van der Waals surface area contributed by atoms with Crippen molar-refractivity contribution in [1.82, 2.24) is 10.2 Å². The fourth-order valence-corrected chi connectivity index (χ4v) is 1.80. The highest BCUT2D eigenvalue weighted by Gasteiger charge is 2.15. The number of aryl methyl sites for hydroxylation is 1. The lowest BCUT2D eigenvalue weighted by Gasteiger charge is -2.20. The maximum absolute atomic E-state index is 5.70. The van der Waals surface area contributed by atoms with Gasteiger partial charge in [0.25, 0.3) is 0 Å². The summed E-state index contributed by atoms with van der Waals surface area (Å²) >= 11 is 5.69. The molecule has 1 heterocycles. The Morgan fingerprint density at radius 3 is 2.32 bits per heavy atom. The number of ether oxygens (including phenoxy) is 1. The largest absolute Gasteiger partial charge is 0.437 e. The molecule has 19 heavy (non-hydrogen) atoms. The van der Waals surface area contributed by atoms with Gasteiger partial charge < -0.3 is 4.74 Å². The zero-order valence-electron chi connectivity index (χ0n) is 11.6. The molecule has 1 aromatic carbocycles. The first-order chi connectivity index (χ1) is 8.86. The zero-order chi connectivity index (χ0) is 14.0. The molecule has 0 fully saturated rings. The summed E-state index contributed by atoms with van der Waals surface area (Å²) in [4.78, 5) is 0. The number of hydrogen-bond donors (Lipinski definition) is 0. The maximum Gasteiger partial charge on any atom is 0.238 e. The Labute approximate surface area is 118 Å². The van der Waals surface area contributed by atoms with Crippen molar-refractivity contribution >= 4 is 11.6 Å². The average molecular weight is 277 g/mol. The molecule has 0 bridgehead atoms. The van der Waals surface area contributed by atoms with Gasteiger partial charge in [-0.15, -0.1) is 10.2 Å². The summed E-state index contributed by atoms with van der Waals surface area (Å²) in [5, 5.41) is 7.99. The number of hydrogen-bond acceptors (Lipinski definition) is 3. The van der Waals surface area contributed by atoms with Gasteiger partial charge in [-0.05, 0) is 35.6 Å². The van der Waals surface area contributed by atoms with Gasteiger partial charge in [0.05, 0.1) is 0 Å². The van der Waals surface area contributed by atoms with Crippen molar-refractivity contribution in [2.24, 2.45) is 0 Å². The molecule has 3 nitrogen and oxygen atoms in total. The van der Waals surface area contributed by atoms with Gasteiger partial charge in [0, 0.05) is 6.07 Å². The molecule has 0 atom stereocenters. The van der Waals surface area contributed by atoms with Crippen LogP contribution in [0.5, 0.6) is 11.6 Å². The van der Waals surface area contributed by atoms with Gasteiger partial charge in [-0.1, -0.05) is 44.5 Å². The molecule has 0 amide bonds. The Morgan fingerprint density at radius 1 is 1.05 bits per heavy atom. The van der Waals surface area contributed by atoms with E-state index < -0.39 is 0 Å². The molecule has 0 aliphatic rings. The van der Waals surface area contributed by atoms with Crippen LogP contribution in [0.25, 0.3) is 0 Å². The van der Waals surface area contributed by atoms with Crippen LogP contribution < -0.4 is 4.74 Å². The van der Waals surface area contributed by atoms with E-state index in [0.29, 0.717) is 11.0 Å². The second-order valence-electron chi connectivity index (χ2n) is 5.53. The fourth-order valence-electron chi connectivity index (χ4n) is 1.70. The van der Waals surface area contributed by atoms with E-state index in [4.69, 9.17) is 16.3 Å². The number of halogens is 1. The molecule has 2 aromatic rings. The topological polar surface area (TPSA) is 35.0 Å². The van der Waals surface area contributed by atoms with E-state index in [1.165, 1.54) is 5.56 Å². The molecule has 2 rings (SSSR count). The number of aromatic nitrogens is 2. The minimum atomic E-state index is 0.128. The lowest BCUT2D eigenvalue weighted by Crippen LogP contribution is -2.11. The predicted molar refractivity (Wildman–Crippen MR) is 77.0 cm³/mol. The van der Waals surface area contributed by atoms with Crippen molar-refractivity contribution in [1.29, 1.82) is 0 Å². The van der Waals surface area contributed by atoms with Crippen molar-refractivity contribution in [3.8, 4) is 11.6 Å². The molecule has 0 aliphatic carbocycles. The Morgan fingerprint density at radius 2 is 1.79 bits per heavy atom. The fraction of sp³-hybridized carbons (Fsp3) is 0.333. The third-order valence-electron chi connectivity index (χ3n) is 2.86. The van der Waals surface area contributed by atoms with Crippen LogP contribution in [0.15, 0.2) is 30.3 Å². The van der Waals surface area contributed by atoms with Crippen LogP contribution in [-0.4, -0.2) is 10.2 Å². The molecule has 100 valence electrons. The van der Waals surface area contributed by atoms with Crippen molar-refractivity contribution in [3.05, 3.63) is 46.6 Å². The van der Waals surface area contributed by atoms with E-state index in [0.717, 1.165) is 11.3 Å². The Balaban J connectivity index is 2.24. The van der Waals surface area contributed by atoms with Crippen molar-refractivity contribution < 1.29 is 4.74 Å². The van der Waals surface area contributed by atoms with E-state index >= 15 is 0 Å². The predicted octanol–water partition coefficient (Wildman–Crippen LogP) is 4.53. The number of rotatable bonds is 2. The van der Waals surface area contributed by atoms with Crippen LogP contribution in [0.3, 0.4) is 0 Å². The van der Waals surface area contributed by atoms with E-state index in [9.17, 15) is 0 Å². The van der Waals surface area contributed by atoms with Crippen LogP contribution in [-0.2, 0) is 5.41 Å². The van der Waals surface area contributed by atoms with Gasteiger partial charge in [-0.25, -0.2) is 0 Å². The highest BCUT2D eigenvalue weighted by Crippen LogP contribution is 2.29. The smallest absolute Gasteiger partial charge is 0.238 e. The minimum Gasteiger partial charge on any atom is -0.437 e. The first kappa shape index (κ1) is 13.8. The van der Waals surface area contributed by atoms with Gasteiger partial charge in [-0.2, -0.15) is 0 Å². The number of nitrogens with zero attached hydrogens (tertiary/aromatic N) is 2. The summed E-state index contributed by atoms with van der Waals surface area (Å²) in [5.41, 5.74) is 2.48. The lowest BCUT2D eigenvalue weighted by molar-refractivity contribution is 0.451. The molecule has 0 spiro atoms. The van der Waals surface area contributed by atoms with Crippen LogP contribution in [0.2, 0.25) is 5.15 Å². The van der Waals surface area contributed by atoms with Crippen LogP contribution in [0, 0.1) is 6.92 Å². The van der Waals surface area contributed by atoms with Crippen molar-refractivity contribution in [2.75, 3.05) is 0 Å². The first-order valence-corrected chi connectivity index (χ1v) is 6.52. The standard InChI is InChI=1S/C15H17ClN2O/c1-10-9-11(15(2,3)4)5-6-12(10)19-14-8-7-13(16)17-18-14/h5-9H,1-4H3. The molecular formula is C15H17ClN2O. The lowest BCUT2D eigenvalue weighted by atomic mass is 9.86.